The van der Waals surface area contributed by atoms with Gasteiger partial charge in [0.2, 0.25) is 10.0 Å². The van der Waals surface area contributed by atoms with Gasteiger partial charge in [-0.15, -0.1) is 0 Å². The van der Waals surface area contributed by atoms with Crippen LogP contribution in [0.15, 0.2) is 33.6 Å². The standard InChI is InChI=1S/C13H15BrN2O2S/c14-11-4-3-7-13(10-11)19(17,18)16(9-8-15)12-5-1-2-6-12/h3-4,7,10,12H,1-2,5-6,9H2. The SMILES string of the molecule is N#CCN(C1CCCC1)S(=O)(=O)c1cccc(Br)c1. The number of nitriles is 1. The summed E-state index contributed by atoms with van der Waals surface area (Å²) in [6.45, 7) is -0.0838. The van der Waals surface area contributed by atoms with E-state index >= 15 is 0 Å². The Hall–Kier alpha value is -0.900. The molecular weight excluding hydrogens is 328 g/mol. The molecule has 0 N–H and O–H groups in total. The number of halogens is 1. The van der Waals surface area contributed by atoms with E-state index in [1.54, 1.807) is 24.3 Å². The molecule has 1 aromatic carbocycles. The maximum Gasteiger partial charge on any atom is 0.244 e. The molecule has 1 saturated carbocycles. The van der Waals surface area contributed by atoms with Crippen molar-refractivity contribution in [2.75, 3.05) is 6.54 Å². The third kappa shape index (κ3) is 3.16. The second-order valence-corrected chi connectivity index (χ2v) is 7.41. The van der Waals surface area contributed by atoms with E-state index in [9.17, 15) is 8.42 Å². The third-order valence-corrected chi connectivity index (χ3v) is 5.75. The Kier molecular flexibility index (Phi) is 4.61. The topological polar surface area (TPSA) is 61.2 Å². The predicted molar refractivity (Wildman–Crippen MR) is 75.9 cm³/mol. The van der Waals surface area contributed by atoms with E-state index in [2.05, 4.69) is 15.9 Å². The van der Waals surface area contributed by atoms with Crippen LogP contribution in [0.5, 0.6) is 0 Å². The fourth-order valence-corrected chi connectivity index (χ4v) is 4.61. The fourth-order valence-electron chi connectivity index (χ4n) is 2.44. The van der Waals surface area contributed by atoms with Crippen molar-refractivity contribution in [1.29, 1.82) is 5.26 Å². The minimum atomic E-state index is -3.59. The normalized spacial score (nSPS) is 16.7. The van der Waals surface area contributed by atoms with Crippen LogP contribution in [0.1, 0.15) is 25.7 Å². The fraction of sp³-hybridized carbons (Fsp3) is 0.462. The summed E-state index contributed by atoms with van der Waals surface area (Å²) in [5.74, 6) is 0. The highest BCUT2D eigenvalue weighted by atomic mass is 79.9. The van der Waals surface area contributed by atoms with Crippen molar-refractivity contribution in [3.8, 4) is 6.07 Å². The lowest BCUT2D eigenvalue weighted by Crippen LogP contribution is -2.39. The Morgan fingerprint density at radius 1 is 1.37 bits per heavy atom. The largest absolute Gasteiger partial charge is 0.244 e. The Labute approximate surface area is 122 Å². The van der Waals surface area contributed by atoms with E-state index in [1.165, 1.54) is 4.31 Å². The van der Waals surface area contributed by atoms with Gasteiger partial charge in [0, 0.05) is 10.5 Å². The number of nitrogens with zero attached hydrogens (tertiary/aromatic N) is 2. The lowest BCUT2D eigenvalue weighted by molar-refractivity contribution is 0.350. The minimum absolute atomic E-state index is 0.0383. The quantitative estimate of drug-likeness (QED) is 0.790. The highest BCUT2D eigenvalue weighted by molar-refractivity contribution is 9.10. The summed E-state index contributed by atoms with van der Waals surface area (Å²) in [5.41, 5.74) is 0. The molecule has 102 valence electrons. The molecule has 1 aliphatic carbocycles. The Morgan fingerprint density at radius 3 is 2.63 bits per heavy atom. The van der Waals surface area contributed by atoms with Crippen LogP contribution in [0.3, 0.4) is 0 Å². The first-order valence-electron chi connectivity index (χ1n) is 6.20. The molecule has 0 aliphatic heterocycles. The van der Waals surface area contributed by atoms with Crippen molar-refractivity contribution < 1.29 is 8.42 Å². The summed E-state index contributed by atoms with van der Waals surface area (Å²) in [7, 11) is -3.59. The van der Waals surface area contributed by atoms with Crippen molar-refractivity contribution in [3.05, 3.63) is 28.7 Å². The highest BCUT2D eigenvalue weighted by Crippen LogP contribution is 2.29. The molecule has 0 spiro atoms. The van der Waals surface area contributed by atoms with Crippen LogP contribution in [-0.2, 0) is 10.0 Å². The molecule has 2 rings (SSSR count). The van der Waals surface area contributed by atoms with Gasteiger partial charge in [-0.3, -0.25) is 0 Å². The molecule has 0 radical (unpaired) electrons. The first-order chi connectivity index (χ1) is 9.05. The molecule has 1 fully saturated rings. The van der Waals surface area contributed by atoms with Gasteiger partial charge in [0.15, 0.2) is 0 Å². The summed E-state index contributed by atoms with van der Waals surface area (Å²) >= 11 is 3.28. The molecule has 19 heavy (non-hydrogen) atoms. The Bertz CT molecular complexity index is 589. The molecule has 1 aliphatic rings. The van der Waals surface area contributed by atoms with Crippen LogP contribution in [0.2, 0.25) is 0 Å². The molecular formula is C13H15BrN2O2S. The van der Waals surface area contributed by atoms with Gasteiger partial charge >= 0.3 is 0 Å². The van der Waals surface area contributed by atoms with E-state index in [0.717, 1.165) is 30.2 Å². The third-order valence-electron chi connectivity index (χ3n) is 3.36. The van der Waals surface area contributed by atoms with Gasteiger partial charge in [-0.25, -0.2) is 8.42 Å². The second-order valence-electron chi connectivity index (χ2n) is 4.60. The number of benzene rings is 1. The van der Waals surface area contributed by atoms with Gasteiger partial charge in [0.05, 0.1) is 11.0 Å². The van der Waals surface area contributed by atoms with E-state index in [4.69, 9.17) is 5.26 Å². The van der Waals surface area contributed by atoms with E-state index in [1.807, 2.05) is 6.07 Å². The molecule has 6 heteroatoms. The van der Waals surface area contributed by atoms with Crippen LogP contribution >= 0.6 is 15.9 Å². The summed E-state index contributed by atoms with van der Waals surface area (Å²) in [4.78, 5) is 0.240. The van der Waals surface area contributed by atoms with Crippen LogP contribution in [-0.4, -0.2) is 25.3 Å². The van der Waals surface area contributed by atoms with Gasteiger partial charge < -0.3 is 0 Å². The van der Waals surface area contributed by atoms with Crippen molar-refractivity contribution in [3.63, 3.8) is 0 Å². The molecule has 0 aromatic heterocycles. The second kappa shape index (κ2) is 6.04. The maximum absolute atomic E-state index is 12.6. The molecule has 0 saturated heterocycles. The lowest BCUT2D eigenvalue weighted by Gasteiger charge is -2.25. The lowest BCUT2D eigenvalue weighted by atomic mass is 10.2. The highest BCUT2D eigenvalue weighted by Gasteiger charge is 2.33. The number of hydrogen-bond donors (Lipinski definition) is 0. The van der Waals surface area contributed by atoms with Crippen LogP contribution in [0.4, 0.5) is 0 Å². The summed E-state index contributed by atoms with van der Waals surface area (Å²) in [5, 5.41) is 8.90. The molecule has 0 bridgehead atoms. The average molecular weight is 343 g/mol. The number of rotatable bonds is 4. The summed E-state index contributed by atoms with van der Waals surface area (Å²) in [6, 6.07) is 8.55. The van der Waals surface area contributed by atoms with Gasteiger partial charge in [0.1, 0.15) is 6.54 Å². The Balaban J connectivity index is 2.37. The van der Waals surface area contributed by atoms with Crippen molar-refractivity contribution in [1.82, 2.24) is 4.31 Å². The zero-order valence-corrected chi connectivity index (χ0v) is 12.8. The first-order valence-corrected chi connectivity index (χ1v) is 8.43. The average Bonchev–Trinajstić information content (AvgIpc) is 2.89. The van der Waals surface area contributed by atoms with Crippen LogP contribution in [0.25, 0.3) is 0 Å². The van der Waals surface area contributed by atoms with Crippen molar-refractivity contribution >= 4 is 26.0 Å². The molecule has 0 heterocycles. The van der Waals surface area contributed by atoms with E-state index < -0.39 is 10.0 Å². The predicted octanol–water partition coefficient (Wildman–Crippen LogP) is 2.91. The molecule has 0 unspecified atom stereocenters. The zero-order chi connectivity index (χ0) is 13.9. The molecule has 0 amide bonds. The van der Waals surface area contributed by atoms with Gasteiger partial charge in [-0.05, 0) is 31.0 Å². The summed E-state index contributed by atoms with van der Waals surface area (Å²) in [6.07, 6.45) is 3.74. The number of hydrogen-bond acceptors (Lipinski definition) is 3. The summed E-state index contributed by atoms with van der Waals surface area (Å²) < 4.78 is 27.3. The smallest absolute Gasteiger partial charge is 0.207 e. The monoisotopic (exact) mass is 342 g/mol. The van der Waals surface area contributed by atoms with Gasteiger partial charge in [0.25, 0.3) is 0 Å². The zero-order valence-electron chi connectivity index (χ0n) is 10.4. The molecule has 0 atom stereocenters. The molecule has 4 nitrogen and oxygen atoms in total. The van der Waals surface area contributed by atoms with Crippen molar-refractivity contribution in [2.45, 2.75) is 36.6 Å². The molecule has 1 aromatic rings. The van der Waals surface area contributed by atoms with Gasteiger partial charge in [-0.2, -0.15) is 9.57 Å². The minimum Gasteiger partial charge on any atom is -0.207 e. The van der Waals surface area contributed by atoms with Crippen LogP contribution in [0, 0.1) is 11.3 Å². The van der Waals surface area contributed by atoms with E-state index in [0.29, 0.717) is 0 Å². The van der Waals surface area contributed by atoms with Gasteiger partial charge in [-0.1, -0.05) is 34.8 Å². The maximum atomic E-state index is 12.6. The van der Waals surface area contributed by atoms with E-state index in [-0.39, 0.29) is 17.5 Å². The Morgan fingerprint density at radius 2 is 2.05 bits per heavy atom. The first kappa shape index (κ1) is 14.5. The van der Waals surface area contributed by atoms with Crippen LogP contribution < -0.4 is 0 Å². The van der Waals surface area contributed by atoms with Crippen molar-refractivity contribution in [2.24, 2.45) is 0 Å². The number of sulfonamides is 1.